The van der Waals surface area contributed by atoms with Crippen LogP contribution >= 0.6 is 11.6 Å². The topological polar surface area (TPSA) is 59.5 Å². The predicted molar refractivity (Wildman–Crippen MR) is 108 cm³/mol. The lowest BCUT2D eigenvalue weighted by Gasteiger charge is -2.41. The third-order valence-electron chi connectivity index (χ3n) is 5.90. The molecule has 3 amide bonds. The summed E-state index contributed by atoms with van der Waals surface area (Å²) in [7, 11) is 1.71. The van der Waals surface area contributed by atoms with Gasteiger partial charge in [-0.15, -0.1) is 11.6 Å². The minimum absolute atomic E-state index is 0.213. The zero-order valence-electron chi connectivity index (χ0n) is 16.5. The van der Waals surface area contributed by atoms with Crippen molar-refractivity contribution in [2.75, 3.05) is 19.5 Å². The number of hydrogen-bond acceptors (Lipinski definition) is 5. The SMILES string of the molecule is CC1=C(C)N2C(=NC3C2C(=O)N(Cc2ccccc2C)C(=O)N3C)N1CCCl. The van der Waals surface area contributed by atoms with Crippen LogP contribution in [0.4, 0.5) is 4.79 Å². The molecule has 3 aliphatic heterocycles. The summed E-state index contributed by atoms with van der Waals surface area (Å²) in [5, 5.41) is 0. The Hall–Kier alpha value is -2.54. The molecule has 0 saturated carbocycles. The van der Waals surface area contributed by atoms with Crippen molar-refractivity contribution in [2.45, 2.75) is 39.5 Å². The molecule has 3 heterocycles. The number of aryl methyl sites for hydroxylation is 1. The lowest BCUT2D eigenvalue weighted by atomic mass is 10.1. The Morgan fingerprint density at radius 3 is 2.46 bits per heavy atom. The predicted octanol–water partition coefficient (Wildman–Crippen LogP) is 2.56. The highest BCUT2D eigenvalue weighted by Crippen LogP contribution is 2.37. The molecule has 0 radical (unpaired) electrons. The molecular formula is C20H24ClN5O2. The number of aliphatic imine (C=N–C) groups is 1. The summed E-state index contributed by atoms with van der Waals surface area (Å²) in [6, 6.07) is 6.94. The molecule has 7 nitrogen and oxygen atoms in total. The molecule has 0 bridgehead atoms. The van der Waals surface area contributed by atoms with Crippen molar-refractivity contribution < 1.29 is 9.59 Å². The summed E-state index contributed by atoms with van der Waals surface area (Å²) >= 11 is 5.97. The van der Waals surface area contributed by atoms with Crippen LogP contribution in [0.15, 0.2) is 40.7 Å². The van der Waals surface area contributed by atoms with E-state index in [9.17, 15) is 9.59 Å². The first-order valence-electron chi connectivity index (χ1n) is 9.37. The van der Waals surface area contributed by atoms with E-state index in [1.54, 1.807) is 11.9 Å². The Labute approximate surface area is 169 Å². The third kappa shape index (κ3) is 2.60. The fourth-order valence-electron chi connectivity index (χ4n) is 4.14. The van der Waals surface area contributed by atoms with Crippen LogP contribution in [0.2, 0.25) is 0 Å². The molecule has 0 spiro atoms. The second-order valence-electron chi connectivity index (χ2n) is 7.41. The first-order chi connectivity index (χ1) is 13.4. The lowest BCUT2D eigenvalue weighted by molar-refractivity contribution is -0.137. The minimum atomic E-state index is -0.544. The zero-order chi connectivity index (χ0) is 20.2. The fraction of sp³-hybridized carbons (Fsp3) is 0.450. The second kappa shape index (κ2) is 6.81. The van der Waals surface area contributed by atoms with Gasteiger partial charge >= 0.3 is 6.03 Å². The van der Waals surface area contributed by atoms with Gasteiger partial charge in [0.1, 0.15) is 0 Å². The average molecular weight is 402 g/mol. The molecule has 0 N–H and O–H groups in total. The number of nitrogens with zero attached hydrogens (tertiary/aromatic N) is 5. The Morgan fingerprint density at radius 2 is 1.79 bits per heavy atom. The number of guanidine groups is 1. The van der Waals surface area contributed by atoms with Crippen molar-refractivity contribution in [1.82, 2.24) is 19.6 Å². The normalized spacial score (nSPS) is 24.2. The summed E-state index contributed by atoms with van der Waals surface area (Å²) in [5.41, 5.74) is 4.03. The highest BCUT2D eigenvalue weighted by molar-refractivity contribution is 6.18. The van der Waals surface area contributed by atoms with Crippen LogP contribution in [0, 0.1) is 6.92 Å². The molecule has 4 rings (SSSR count). The smallest absolute Gasteiger partial charge is 0.313 e. The maximum absolute atomic E-state index is 13.4. The van der Waals surface area contributed by atoms with Gasteiger partial charge in [0.05, 0.1) is 6.54 Å². The van der Waals surface area contributed by atoms with E-state index in [4.69, 9.17) is 16.6 Å². The first-order valence-corrected chi connectivity index (χ1v) is 9.91. The molecule has 148 valence electrons. The number of alkyl halides is 1. The number of halogens is 1. The number of carbonyl (C=O) groups is 2. The van der Waals surface area contributed by atoms with Gasteiger partial charge in [-0.05, 0) is 31.9 Å². The first kappa shape index (κ1) is 18.8. The molecule has 1 aromatic rings. The van der Waals surface area contributed by atoms with E-state index in [0.717, 1.165) is 22.5 Å². The molecule has 3 aliphatic rings. The molecular weight excluding hydrogens is 378 g/mol. The number of imide groups is 1. The number of hydrogen-bond donors (Lipinski definition) is 0. The third-order valence-corrected chi connectivity index (χ3v) is 6.07. The van der Waals surface area contributed by atoms with Crippen LogP contribution in [0.25, 0.3) is 0 Å². The Morgan fingerprint density at radius 1 is 1.07 bits per heavy atom. The van der Waals surface area contributed by atoms with E-state index in [-0.39, 0.29) is 18.5 Å². The van der Waals surface area contributed by atoms with Gasteiger partial charge in [-0.3, -0.25) is 14.6 Å². The van der Waals surface area contributed by atoms with Crippen LogP contribution in [0.1, 0.15) is 25.0 Å². The molecule has 28 heavy (non-hydrogen) atoms. The number of rotatable bonds is 4. The molecule has 8 heteroatoms. The monoisotopic (exact) mass is 401 g/mol. The van der Waals surface area contributed by atoms with Crippen molar-refractivity contribution in [3.05, 3.63) is 46.8 Å². The average Bonchev–Trinajstić information content (AvgIpc) is 3.17. The summed E-state index contributed by atoms with van der Waals surface area (Å²) in [5.74, 6) is 0.945. The van der Waals surface area contributed by atoms with Gasteiger partial charge in [0.25, 0.3) is 5.91 Å². The van der Waals surface area contributed by atoms with Crippen LogP contribution in [0.3, 0.4) is 0 Å². The van der Waals surface area contributed by atoms with Crippen molar-refractivity contribution in [2.24, 2.45) is 4.99 Å². The molecule has 2 atom stereocenters. The molecule has 2 unspecified atom stereocenters. The largest absolute Gasteiger partial charge is 0.328 e. The number of benzene rings is 1. The Kier molecular flexibility index (Phi) is 4.57. The molecule has 1 aromatic carbocycles. The van der Waals surface area contributed by atoms with Crippen molar-refractivity contribution in [3.8, 4) is 0 Å². The number of carbonyl (C=O) groups excluding carboxylic acids is 2. The van der Waals surface area contributed by atoms with E-state index in [2.05, 4.69) is 0 Å². The van der Waals surface area contributed by atoms with E-state index in [0.29, 0.717) is 18.4 Å². The number of fused-ring (bicyclic) bond motifs is 3. The van der Waals surface area contributed by atoms with Gasteiger partial charge in [0.15, 0.2) is 12.2 Å². The van der Waals surface area contributed by atoms with Crippen LogP contribution < -0.4 is 0 Å². The number of amides is 3. The molecule has 1 saturated heterocycles. The highest BCUT2D eigenvalue weighted by Gasteiger charge is 2.55. The number of likely N-dealkylation sites (N-methyl/N-ethyl adjacent to an activating group) is 1. The van der Waals surface area contributed by atoms with E-state index in [1.807, 2.05) is 54.8 Å². The Bertz CT molecular complexity index is 912. The highest BCUT2D eigenvalue weighted by atomic mass is 35.5. The fourth-order valence-corrected chi connectivity index (χ4v) is 4.31. The van der Waals surface area contributed by atoms with Gasteiger partial charge < -0.3 is 9.80 Å². The van der Waals surface area contributed by atoms with E-state index < -0.39 is 12.2 Å². The number of urea groups is 1. The van der Waals surface area contributed by atoms with Crippen LogP contribution in [-0.2, 0) is 11.3 Å². The second-order valence-corrected chi connectivity index (χ2v) is 7.79. The summed E-state index contributed by atoms with van der Waals surface area (Å²) in [6.45, 7) is 6.84. The van der Waals surface area contributed by atoms with Gasteiger partial charge in [0.2, 0.25) is 5.96 Å². The maximum atomic E-state index is 13.4. The van der Waals surface area contributed by atoms with E-state index in [1.165, 1.54) is 4.90 Å². The minimum Gasteiger partial charge on any atom is -0.313 e. The molecule has 0 aliphatic carbocycles. The zero-order valence-corrected chi connectivity index (χ0v) is 17.3. The Balaban J connectivity index is 1.69. The van der Waals surface area contributed by atoms with Gasteiger partial charge in [-0.2, -0.15) is 0 Å². The van der Waals surface area contributed by atoms with Gasteiger partial charge in [0, 0.05) is 30.9 Å². The van der Waals surface area contributed by atoms with Crippen molar-refractivity contribution in [3.63, 3.8) is 0 Å². The molecule has 1 fully saturated rings. The van der Waals surface area contributed by atoms with E-state index >= 15 is 0 Å². The van der Waals surface area contributed by atoms with Crippen molar-refractivity contribution >= 4 is 29.5 Å². The summed E-state index contributed by atoms with van der Waals surface area (Å²) < 4.78 is 0. The summed E-state index contributed by atoms with van der Waals surface area (Å²) in [6.07, 6.45) is -0.524. The lowest BCUT2D eigenvalue weighted by Crippen LogP contribution is -2.64. The quantitative estimate of drug-likeness (QED) is 0.727. The number of allylic oxidation sites excluding steroid dienone is 2. The van der Waals surface area contributed by atoms with Crippen LogP contribution in [-0.4, -0.2) is 69.2 Å². The standard InChI is InChI=1S/C20H24ClN5O2/c1-12-7-5-6-8-15(12)11-25-18(27)16-17(23(4)20(25)28)22-19-24(10-9-21)13(2)14(3)26(16)19/h5-8,16-17H,9-11H2,1-4H3. The summed E-state index contributed by atoms with van der Waals surface area (Å²) in [4.78, 5) is 38.0. The van der Waals surface area contributed by atoms with Crippen LogP contribution in [0.5, 0.6) is 0 Å². The van der Waals surface area contributed by atoms with Crippen molar-refractivity contribution in [1.29, 1.82) is 0 Å². The van der Waals surface area contributed by atoms with Gasteiger partial charge in [-0.1, -0.05) is 24.3 Å². The molecule has 0 aromatic heterocycles. The maximum Gasteiger partial charge on any atom is 0.328 e. The van der Waals surface area contributed by atoms with Gasteiger partial charge in [-0.25, -0.2) is 9.79 Å².